The Hall–Kier alpha value is -1.86. The molecule has 4 N–H and O–H groups in total. The molecule has 2 rings (SSSR count). The molecule has 1 saturated carbocycles. The van der Waals surface area contributed by atoms with Crippen LogP contribution in [0.2, 0.25) is 0 Å². The number of amides is 2. The Bertz CT molecular complexity index is 565. The topological polar surface area (TPSA) is 98.7 Å². The molecule has 1 aliphatic carbocycles. The zero-order chi connectivity index (χ0) is 17.7. The van der Waals surface area contributed by atoms with Gasteiger partial charge in [0.15, 0.2) is 0 Å². The number of carbonyl (C=O) groups excluding carboxylic acids is 2. The molecule has 0 unspecified atom stereocenters. The fourth-order valence-corrected chi connectivity index (χ4v) is 2.74. The molecule has 1 aliphatic rings. The van der Waals surface area contributed by atoms with Gasteiger partial charge in [-0.3, -0.25) is 9.59 Å². The van der Waals surface area contributed by atoms with Gasteiger partial charge in [-0.05, 0) is 24.3 Å². The number of benzene rings is 1. The van der Waals surface area contributed by atoms with Crippen LogP contribution in [-0.2, 0) is 16.1 Å². The fourth-order valence-electron chi connectivity index (χ4n) is 2.74. The third-order valence-electron chi connectivity index (χ3n) is 4.19. The van der Waals surface area contributed by atoms with E-state index in [-0.39, 0.29) is 29.6 Å². The van der Waals surface area contributed by atoms with Crippen molar-refractivity contribution in [3.05, 3.63) is 35.9 Å². The number of rotatable bonds is 8. The van der Waals surface area contributed by atoms with E-state index >= 15 is 0 Å². The SMILES string of the molecule is CC(C)C[C@H](NC(=O)[C@@H]1C[C@H]1C(=O)NCc1ccccc1)B(O)O. The van der Waals surface area contributed by atoms with Crippen molar-refractivity contribution in [1.82, 2.24) is 10.6 Å². The first-order valence-corrected chi connectivity index (χ1v) is 8.36. The van der Waals surface area contributed by atoms with Crippen molar-refractivity contribution in [2.75, 3.05) is 0 Å². The van der Waals surface area contributed by atoms with Crippen LogP contribution in [0.4, 0.5) is 0 Å². The van der Waals surface area contributed by atoms with Crippen LogP contribution in [0.25, 0.3) is 0 Å². The van der Waals surface area contributed by atoms with E-state index in [4.69, 9.17) is 0 Å². The lowest BCUT2D eigenvalue weighted by atomic mass is 9.75. The van der Waals surface area contributed by atoms with Gasteiger partial charge in [-0.25, -0.2) is 0 Å². The Morgan fingerprint density at radius 2 is 1.79 bits per heavy atom. The maximum atomic E-state index is 12.2. The van der Waals surface area contributed by atoms with Crippen LogP contribution in [-0.4, -0.2) is 34.9 Å². The molecule has 24 heavy (non-hydrogen) atoms. The molecule has 7 heteroatoms. The maximum absolute atomic E-state index is 12.2. The van der Waals surface area contributed by atoms with Gasteiger partial charge in [0, 0.05) is 6.54 Å². The van der Waals surface area contributed by atoms with Crippen LogP contribution in [0.1, 0.15) is 32.3 Å². The highest BCUT2D eigenvalue weighted by Crippen LogP contribution is 2.39. The summed E-state index contributed by atoms with van der Waals surface area (Å²) in [5.74, 6) is -1.61. The second-order valence-electron chi connectivity index (χ2n) is 6.81. The lowest BCUT2D eigenvalue weighted by Crippen LogP contribution is -2.48. The van der Waals surface area contributed by atoms with E-state index in [9.17, 15) is 19.6 Å². The first-order valence-electron chi connectivity index (χ1n) is 8.36. The Balaban J connectivity index is 1.78. The van der Waals surface area contributed by atoms with E-state index in [1.807, 2.05) is 44.2 Å². The fraction of sp³-hybridized carbons (Fsp3) is 0.529. The summed E-state index contributed by atoms with van der Waals surface area (Å²) in [6, 6.07) is 9.58. The third kappa shape index (κ3) is 5.35. The molecule has 1 aromatic rings. The molecular weight excluding hydrogens is 307 g/mol. The van der Waals surface area contributed by atoms with E-state index in [1.54, 1.807) is 0 Å². The standard InChI is InChI=1S/C17H25BN2O4/c1-11(2)8-15(18(23)24)20-17(22)14-9-13(14)16(21)19-10-12-6-4-3-5-7-12/h3-7,11,13-15,23-24H,8-10H2,1-2H3,(H,19,21)(H,20,22)/t13-,14-,15+/m1/s1. The Morgan fingerprint density at radius 3 is 2.38 bits per heavy atom. The average molecular weight is 332 g/mol. The van der Waals surface area contributed by atoms with Crippen molar-refractivity contribution in [2.24, 2.45) is 17.8 Å². The smallest absolute Gasteiger partial charge is 0.426 e. The van der Waals surface area contributed by atoms with Crippen LogP contribution in [0.15, 0.2) is 30.3 Å². The average Bonchev–Trinajstić information content (AvgIpc) is 3.33. The minimum atomic E-state index is -1.60. The normalized spacial score (nSPS) is 20.4. The third-order valence-corrected chi connectivity index (χ3v) is 4.19. The summed E-state index contributed by atoms with van der Waals surface area (Å²) in [7, 11) is -1.60. The Labute approximate surface area is 142 Å². The van der Waals surface area contributed by atoms with Gasteiger partial charge in [0.25, 0.3) is 0 Å². The molecule has 0 bridgehead atoms. The molecule has 0 saturated heterocycles. The molecule has 3 atom stereocenters. The molecule has 0 aromatic heterocycles. The van der Waals surface area contributed by atoms with Crippen molar-refractivity contribution >= 4 is 18.9 Å². The van der Waals surface area contributed by atoms with Crippen LogP contribution in [0.3, 0.4) is 0 Å². The lowest BCUT2D eigenvalue weighted by molar-refractivity contribution is -0.127. The van der Waals surface area contributed by atoms with Crippen molar-refractivity contribution in [3.63, 3.8) is 0 Å². The Morgan fingerprint density at radius 1 is 1.17 bits per heavy atom. The molecule has 0 aliphatic heterocycles. The molecule has 0 radical (unpaired) electrons. The van der Waals surface area contributed by atoms with E-state index in [1.165, 1.54) is 0 Å². The number of nitrogens with one attached hydrogen (secondary N) is 2. The van der Waals surface area contributed by atoms with E-state index in [0.29, 0.717) is 19.4 Å². The van der Waals surface area contributed by atoms with Crippen LogP contribution in [0.5, 0.6) is 0 Å². The summed E-state index contributed by atoms with van der Waals surface area (Å²) in [4.78, 5) is 24.3. The summed E-state index contributed by atoms with van der Waals surface area (Å²) >= 11 is 0. The molecule has 0 spiro atoms. The van der Waals surface area contributed by atoms with E-state index in [0.717, 1.165) is 5.56 Å². The maximum Gasteiger partial charge on any atom is 0.475 e. The molecule has 2 amide bonds. The quantitative estimate of drug-likeness (QED) is 0.521. The van der Waals surface area contributed by atoms with Gasteiger partial charge in [0.05, 0.1) is 17.8 Å². The van der Waals surface area contributed by atoms with Gasteiger partial charge < -0.3 is 20.7 Å². The van der Waals surface area contributed by atoms with Crippen LogP contribution < -0.4 is 10.6 Å². The predicted octanol–water partition coefficient (Wildman–Crippen LogP) is 0.482. The highest BCUT2D eigenvalue weighted by molar-refractivity contribution is 6.43. The summed E-state index contributed by atoms with van der Waals surface area (Å²) in [6.07, 6.45) is 0.976. The van der Waals surface area contributed by atoms with E-state index in [2.05, 4.69) is 10.6 Å². The van der Waals surface area contributed by atoms with Gasteiger partial charge in [0.2, 0.25) is 11.8 Å². The highest BCUT2D eigenvalue weighted by Gasteiger charge is 2.48. The van der Waals surface area contributed by atoms with Gasteiger partial charge in [0.1, 0.15) is 0 Å². The molecule has 6 nitrogen and oxygen atoms in total. The largest absolute Gasteiger partial charge is 0.475 e. The van der Waals surface area contributed by atoms with Gasteiger partial charge in [-0.1, -0.05) is 44.2 Å². The molecule has 1 aromatic carbocycles. The monoisotopic (exact) mass is 332 g/mol. The minimum Gasteiger partial charge on any atom is -0.426 e. The summed E-state index contributed by atoms with van der Waals surface area (Å²) < 4.78 is 0. The molecule has 0 heterocycles. The number of hydrogen-bond acceptors (Lipinski definition) is 4. The highest BCUT2D eigenvalue weighted by atomic mass is 16.4. The molecule has 130 valence electrons. The summed E-state index contributed by atoms with van der Waals surface area (Å²) in [6.45, 7) is 4.33. The number of carbonyl (C=O) groups is 2. The minimum absolute atomic E-state index is 0.135. The van der Waals surface area contributed by atoms with Crippen molar-refractivity contribution in [3.8, 4) is 0 Å². The van der Waals surface area contributed by atoms with Gasteiger partial charge in [-0.2, -0.15) is 0 Å². The summed E-state index contributed by atoms with van der Waals surface area (Å²) in [5, 5.41) is 24.2. The van der Waals surface area contributed by atoms with Crippen molar-refractivity contribution in [1.29, 1.82) is 0 Å². The second-order valence-corrected chi connectivity index (χ2v) is 6.81. The van der Waals surface area contributed by atoms with Gasteiger partial charge >= 0.3 is 7.12 Å². The van der Waals surface area contributed by atoms with Gasteiger partial charge in [-0.15, -0.1) is 0 Å². The first-order chi connectivity index (χ1) is 11.4. The van der Waals surface area contributed by atoms with Crippen LogP contribution >= 0.6 is 0 Å². The summed E-state index contributed by atoms with van der Waals surface area (Å²) in [5.41, 5.74) is 1.01. The molecular formula is C17H25BN2O4. The second kappa shape index (κ2) is 8.30. The van der Waals surface area contributed by atoms with E-state index < -0.39 is 13.1 Å². The van der Waals surface area contributed by atoms with Crippen molar-refractivity contribution < 1.29 is 19.6 Å². The van der Waals surface area contributed by atoms with Crippen molar-refractivity contribution in [2.45, 2.75) is 39.2 Å². The Kier molecular flexibility index (Phi) is 6.40. The molecule has 1 fully saturated rings. The predicted molar refractivity (Wildman–Crippen MR) is 91.5 cm³/mol. The number of hydrogen-bond donors (Lipinski definition) is 4. The van der Waals surface area contributed by atoms with Crippen LogP contribution in [0, 0.1) is 17.8 Å². The zero-order valence-electron chi connectivity index (χ0n) is 14.1. The lowest BCUT2D eigenvalue weighted by Gasteiger charge is -2.19. The first kappa shape index (κ1) is 18.5. The zero-order valence-corrected chi connectivity index (χ0v) is 14.1.